The Morgan fingerprint density at radius 1 is 1.39 bits per heavy atom. The summed E-state index contributed by atoms with van der Waals surface area (Å²) in [4.78, 5) is 4.44. The molecule has 1 N–H and O–H groups in total. The van der Waals surface area contributed by atoms with Crippen LogP contribution >= 0.6 is 0 Å². The molecule has 4 heteroatoms. The van der Waals surface area contributed by atoms with E-state index in [0.717, 1.165) is 18.8 Å². The van der Waals surface area contributed by atoms with Crippen molar-refractivity contribution in [2.24, 2.45) is 7.05 Å². The number of rotatable bonds is 2. The van der Waals surface area contributed by atoms with Crippen molar-refractivity contribution in [3.8, 4) is 11.3 Å². The van der Waals surface area contributed by atoms with Gasteiger partial charge in [0.05, 0.1) is 17.6 Å². The molecule has 1 unspecified atom stereocenters. The smallest absolute Gasteiger partial charge is 0.0736 e. The Balaban J connectivity index is 2.01. The Hall–Kier alpha value is -1.68. The minimum Gasteiger partial charge on any atom is -0.316 e. The molecule has 1 saturated heterocycles. The first-order valence-corrected chi connectivity index (χ1v) is 6.50. The van der Waals surface area contributed by atoms with Crippen molar-refractivity contribution in [1.29, 1.82) is 0 Å². The molecule has 94 valence electrons. The number of nitrogens with one attached hydrogen (secondary N) is 1. The normalized spacial score (nSPS) is 19.9. The molecule has 1 fully saturated rings. The van der Waals surface area contributed by atoms with Gasteiger partial charge in [-0.1, -0.05) is 6.07 Å². The second-order valence-corrected chi connectivity index (χ2v) is 4.83. The van der Waals surface area contributed by atoms with Crippen LogP contribution in [-0.4, -0.2) is 27.9 Å². The van der Waals surface area contributed by atoms with Crippen LogP contribution in [0.2, 0.25) is 0 Å². The van der Waals surface area contributed by atoms with Gasteiger partial charge in [0, 0.05) is 31.3 Å². The van der Waals surface area contributed by atoms with Crippen LogP contribution in [0, 0.1) is 0 Å². The van der Waals surface area contributed by atoms with Crippen molar-refractivity contribution < 1.29 is 0 Å². The molecule has 2 aromatic rings. The zero-order chi connectivity index (χ0) is 12.4. The minimum atomic E-state index is 0.545. The van der Waals surface area contributed by atoms with Crippen LogP contribution in [-0.2, 0) is 7.05 Å². The topological polar surface area (TPSA) is 42.7 Å². The van der Waals surface area contributed by atoms with Crippen molar-refractivity contribution >= 4 is 0 Å². The molecule has 18 heavy (non-hydrogen) atoms. The first kappa shape index (κ1) is 11.4. The lowest BCUT2D eigenvalue weighted by Gasteiger charge is -2.24. The Morgan fingerprint density at radius 3 is 3.06 bits per heavy atom. The molecular weight excluding hydrogens is 224 g/mol. The molecule has 4 nitrogen and oxygen atoms in total. The minimum absolute atomic E-state index is 0.545. The molecular formula is C14H18N4. The maximum absolute atomic E-state index is 4.44. The Bertz CT molecular complexity index is 512. The average Bonchev–Trinajstić information content (AvgIpc) is 2.83. The molecule has 0 saturated carbocycles. The fraction of sp³-hybridized carbons (Fsp3) is 0.429. The number of hydrogen-bond donors (Lipinski definition) is 1. The summed E-state index contributed by atoms with van der Waals surface area (Å²) in [5.74, 6) is 0.545. The molecule has 0 aliphatic carbocycles. The monoisotopic (exact) mass is 242 g/mol. The SMILES string of the molecule is Cn1ncc(-c2ccccn2)c1C1CCCNC1. The molecule has 1 aliphatic heterocycles. The van der Waals surface area contributed by atoms with E-state index >= 15 is 0 Å². The molecule has 0 bridgehead atoms. The third-order valence-corrected chi connectivity index (χ3v) is 3.61. The van der Waals surface area contributed by atoms with Gasteiger partial charge < -0.3 is 5.32 Å². The standard InChI is InChI=1S/C14H18N4/c1-18-14(11-5-4-7-15-9-11)12(10-17-18)13-6-2-3-8-16-13/h2-3,6,8,10-11,15H,4-5,7,9H2,1H3. The molecule has 3 heterocycles. The molecule has 2 aromatic heterocycles. The third-order valence-electron chi connectivity index (χ3n) is 3.61. The van der Waals surface area contributed by atoms with E-state index in [1.807, 2.05) is 36.3 Å². The quantitative estimate of drug-likeness (QED) is 0.875. The molecule has 3 rings (SSSR count). The Labute approximate surface area is 107 Å². The van der Waals surface area contributed by atoms with Gasteiger partial charge in [-0.3, -0.25) is 9.67 Å². The average molecular weight is 242 g/mol. The summed E-state index contributed by atoms with van der Waals surface area (Å²) in [5, 5.41) is 7.88. The summed E-state index contributed by atoms with van der Waals surface area (Å²) in [6.45, 7) is 2.17. The highest BCUT2D eigenvalue weighted by Gasteiger charge is 2.22. The number of aryl methyl sites for hydroxylation is 1. The highest BCUT2D eigenvalue weighted by atomic mass is 15.3. The highest BCUT2D eigenvalue weighted by Crippen LogP contribution is 2.31. The van der Waals surface area contributed by atoms with Crippen LogP contribution in [0.1, 0.15) is 24.5 Å². The van der Waals surface area contributed by atoms with Crippen LogP contribution in [0.5, 0.6) is 0 Å². The lowest BCUT2D eigenvalue weighted by molar-refractivity contribution is 0.442. The maximum atomic E-state index is 4.44. The lowest BCUT2D eigenvalue weighted by atomic mass is 9.92. The first-order valence-electron chi connectivity index (χ1n) is 6.50. The fourth-order valence-electron chi connectivity index (χ4n) is 2.74. The molecule has 1 atom stereocenters. The predicted molar refractivity (Wildman–Crippen MR) is 71.3 cm³/mol. The van der Waals surface area contributed by atoms with E-state index < -0.39 is 0 Å². The summed E-state index contributed by atoms with van der Waals surface area (Å²) in [6, 6.07) is 6.02. The van der Waals surface area contributed by atoms with Gasteiger partial charge in [-0.15, -0.1) is 0 Å². The second kappa shape index (κ2) is 4.90. The van der Waals surface area contributed by atoms with Crippen molar-refractivity contribution in [2.45, 2.75) is 18.8 Å². The van der Waals surface area contributed by atoms with E-state index in [1.54, 1.807) is 0 Å². The number of nitrogens with zero attached hydrogens (tertiary/aromatic N) is 3. The van der Waals surface area contributed by atoms with E-state index in [2.05, 4.69) is 21.5 Å². The fourth-order valence-corrected chi connectivity index (χ4v) is 2.74. The second-order valence-electron chi connectivity index (χ2n) is 4.83. The molecule has 0 amide bonds. The predicted octanol–water partition coefficient (Wildman–Crippen LogP) is 1.95. The van der Waals surface area contributed by atoms with Crippen LogP contribution in [0.4, 0.5) is 0 Å². The van der Waals surface area contributed by atoms with Gasteiger partial charge >= 0.3 is 0 Å². The van der Waals surface area contributed by atoms with E-state index in [0.29, 0.717) is 5.92 Å². The van der Waals surface area contributed by atoms with Gasteiger partial charge in [-0.05, 0) is 31.5 Å². The molecule has 0 radical (unpaired) electrons. The largest absolute Gasteiger partial charge is 0.316 e. The van der Waals surface area contributed by atoms with Gasteiger partial charge in [0.1, 0.15) is 0 Å². The summed E-state index contributed by atoms with van der Waals surface area (Å²) in [7, 11) is 2.02. The first-order chi connectivity index (χ1) is 8.86. The van der Waals surface area contributed by atoms with Crippen LogP contribution in [0.25, 0.3) is 11.3 Å². The highest BCUT2D eigenvalue weighted by molar-refractivity contribution is 5.62. The number of piperidine rings is 1. The van der Waals surface area contributed by atoms with Gasteiger partial charge in [0.15, 0.2) is 0 Å². The Kier molecular flexibility index (Phi) is 3.11. The Morgan fingerprint density at radius 2 is 2.33 bits per heavy atom. The van der Waals surface area contributed by atoms with Crippen molar-refractivity contribution in [1.82, 2.24) is 20.1 Å². The van der Waals surface area contributed by atoms with Gasteiger partial charge in [-0.2, -0.15) is 5.10 Å². The van der Waals surface area contributed by atoms with Gasteiger partial charge in [-0.25, -0.2) is 0 Å². The van der Waals surface area contributed by atoms with Crippen molar-refractivity contribution in [2.75, 3.05) is 13.1 Å². The molecule has 1 aliphatic rings. The maximum Gasteiger partial charge on any atom is 0.0736 e. The number of pyridine rings is 1. The third kappa shape index (κ3) is 2.04. The zero-order valence-electron chi connectivity index (χ0n) is 10.6. The number of aromatic nitrogens is 3. The van der Waals surface area contributed by atoms with Crippen LogP contribution in [0.3, 0.4) is 0 Å². The van der Waals surface area contributed by atoms with Crippen molar-refractivity contribution in [3.05, 3.63) is 36.3 Å². The summed E-state index contributed by atoms with van der Waals surface area (Å²) in [6.07, 6.45) is 6.24. The number of hydrogen-bond acceptors (Lipinski definition) is 3. The summed E-state index contributed by atoms with van der Waals surface area (Å²) < 4.78 is 2.00. The molecule has 0 aromatic carbocycles. The van der Waals surface area contributed by atoms with Crippen LogP contribution < -0.4 is 5.32 Å². The van der Waals surface area contributed by atoms with E-state index in [4.69, 9.17) is 0 Å². The van der Waals surface area contributed by atoms with E-state index in [-0.39, 0.29) is 0 Å². The van der Waals surface area contributed by atoms with Gasteiger partial charge in [0.25, 0.3) is 0 Å². The summed E-state index contributed by atoms with van der Waals surface area (Å²) in [5.41, 5.74) is 3.50. The van der Waals surface area contributed by atoms with E-state index in [9.17, 15) is 0 Å². The lowest BCUT2D eigenvalue weighted by Crippen LogP contribution is -2.29. The van der Waals surface area contributed by atoms with Gasteiger partial charge in [0.2, 0.25) is 0 Å². The van der Waals surface area contributed by atoms with Crippen LogP contribution in [0.15, 0.2) is 30.6 Å². The van der Waals surface area contributed by atoms with E-state index in [1.165, 1.54) is 24.1 Å². The zero-order valence-corrected chi connectivity index (χ0v) is 10.6. The van der Waals surface area contributed by atoms with Crippen molar-refractivity contribution in [3.63, 3.8) is 0 Å². The summed E-state index contributed by atoms with van der Waals surface area (Å²) >= 11 is 0. The molecule has 0 spiro atoms.